The highest BCUT2D eigenvalue weighted by Crippen LogP contribution is 2.32. The Balaban J connectivity index is 1.50. The van der Waals surface area contributed by atoms with Gasteiger partial charge in [-0.15, -0.1) is 0 Å². The normalized spacial score (nSPS) is 27.7. The quantitative estimate of drug-likeness (QED) is 0.825. The van der Waals surface area contributed by atoms with E-state index in [1.54, 1.807) is 0 Å². The molecule has 1 heterocycles. The van der Waals surface area contributed by atoms with E-state index in [1.165, 1.54) is 64.2 Å². The van der Waals surface area contributed by atoms with Gasteiger partial charge in [0.25, 0.3) is 0 Å². The summed E-state index contributed by atoms with van der Waals surface area (Å²) in [5, 5.41) is 3.64. The predicted octanol–water partition coefficient (Wildman–Crippen LogP) is 5.02. The zero-order chi connectivity index (χ0) is 14.5. The summed E-state index contributed by atoms with van der Waals surface area (Å²) in [6.45, 7) is 3.45. The van der Waals surface area contributed by atoms with Gasteiger partial charge >= 0.3 is 0 Å². The SMILES string of the molecule is CCC1CCC(CNc2nccn2C2CCCCC2)CC1. The van der Waals surface area contributed by atoms with Crippen LogP contribution in [0.2, 0.25) is 0 Å². The van der Waals surface area contributed by atoms with Crippen molar-refractivity contribution >= 4 is 5.95 Å². The Morgan fingerprint density at radius 2 is 1.76 bits per heavy atom. The monoisotopic (exact) mass is 289 g/mol. The van der Waals surface area contributed by atoms with E-state index >= 15 is 0 Å². The molecule has 0 atom stereocenters. The molecule has 1 aromatic rings. The van der Waals surface area contributed by atoms with Crippen molar-refractivity contribution in [2.45, 2.75) is 77.2 Å². The number of imidazole rings is 1. The maximum Gasteiger partial charge on any atom is 0.203 e. The Bertz CT molecular complexity index is 412. The van der Waals surface area contributed by atoms with Crippen LogP contribution < -0.4 is 5.32 Å². The minimum absolute atomic E-state index is 0.680. The average Bonchev–Trinajstić information content (AvgIpc) is 3.03. The van der Waals surface area contributed by atoms with E-state index in [4.69, 9.17) is 0 Å². The van der Waals surface area contributed by atoms with Gasteiger partial charge in [-0.3, -0.25) is 0 Å². The van der Waals surface area contributed by atoms with Crippen molar-refractivity contribution in [3.8, 4) is 0 Å². The van der Waals surface area contributed by atoms with Crippen LogP contribution in [0.5, 0.6) is 0 Å². The molecule has 0 amide bonds. The second kappa shape index (κ2) is 7.33. The zero-order valence-electron chi connectivity index (χ0n) is 13.6. The first kappa shape index (κ1) is 14.9. The van der Waals surface area contributed by atoms with E-state index in [0.29, 0.717) is 6.04 Å². The van der Waals surface area contributed by atoms with Gasteiger partial charge in [0.15, 0.2) is 0 Å². The number of nitrogens with one attached hydrogen (secondary N) is 1. The van der Waals surface area contributed by atoms with Crippen LogP contribution in [0, 0.1) is 11.8 Å². The molecule has 21 heavy (non-hydrogen) atoms. The molecule has 3 nitrogen and oxygen atoms in total. The van der Waals surface area contributed by atoms with Crippen LogP contribution in [-0.2, 0) is 0 Å². The van der Waals surface area contributed by atoms with E-state index in [9.17, 15) is 0 Å². The zero-order valence-corrected chi connectivity index (χ0v) is 13.6. The lowest BCUT2D eigenvalue weighted by Gasteiger charge is -2.29. The van der Waals surface area contributed by atoms with Crippen LogP contribution >= 0.6 is 0 Å². The number of hydrogen-bond donors (Lipinski definition) is 1. The molecular weight excluding hydrogens is 258 g/mol. The summed E-state index contributed by atoms with van der Waals surface area (Å²) < 4.78 is 2.40. The second-order valence-corrected chi connectivity index (χ2v) is 7.13. The highest BCUT2D eigenvalue weighted by molar-refractivity contribution is 5.27. The van der Waals surface area contributed by atoms with Gasteiger partial charge in [-0.1, -0.05) is 45.4 Å². The van der Waals surface area contributed by atoms with Gasteiger partial charge in [-0.2, -0.15) is 0 Å². The first-order valence-corrected chi connectivity index (χ1v) is 9.13. The first-order chi connectivity index (χ1) is 10.4. The number of aromatic nitrogens is 2. The molecule has 0 aliphatic heterocycles. The molecule has 118 valence electrons. The number of anilines is 1. The third kappa shape index (κ3) is 3.81. The van der Waals surface area contributed by atoms with Crippen LogP contribution in [-0.4, -0.2) is 16.1 Å². The van der Waals surface area contributed by atoms with Crippen molar-refractivity contribution in [2.75, 3.05) is 11.9 Å². The molecule has 1 N–H and O–H groups in total. The van der Waals surface area contributed by atoms with E-state index < -0.39 is 0 Å². The molecule has 2 saturated carbocycles. The lowest BCUT2D eigenvalue weighted by molar-refractivity contribution is 0.277. The molecule has 1 aromatic heterocycles. The van der Waals surface area contributed by atoms with Gasteiger partial charge in [-0.05, 0) is 37.5 Å². The first-order valence-electron chi connectivity index (χ1n) is 9.13. The molecule has 0 spiro atoms. The van der Waals surface area contributed by atoms with Crippen LogP contribution in [0.25, 0.3) is 0 Å². The Morgan fingerprint density at radius 3 is 2.48 bits per heavy atom. The minimum Gasteiger partial charge on any atom is -0.355 e. The van der Waals surface area contributed by atoms with Gasteiger partial charge in [-0.25, -0.2) is 4.98 Å². The number of rotatable bonds is 5. The topological polar surface area (TPSA) is 29.9 Å². The lowest BCUT2D eigenvalue weighted by Crippen LogP contribution is -2.23. The highest BCUT2D eigenvalue weighted by Gasteiger charge is 2.21. The largest absolute Gasteiger partial charge is 0.355 e. The van der Waals surface area contributed by atoms with Crippen molar-refractivity contribution in [1.29, 1.82) is 0 Å². The van der Waals surface area contributed by atoms with Crippen molar-refractivity contribution in [3.05, 3.63) is 12.4 Å². The number of hydrogen-bond acceptors (Lipinski definition) is 2. The Hall–Kier alpha value is -0.990. The number of nitrogens with zero attached hydrogens (tertiary/aromatic N) is 2. The molecule has 0 saturated heterocycles. The third-order valence-corrected chi connectivity index (χ3v) is 5.73. The summed E-state index contributed by atoms with van der Waals surface area (Å²) in [6.07, 6.45) is 18.0. The highest BCUT2D eigenvalue weighted by atomic mass is 15.2. The van der Waals surface area contributed by atoms with Gasteiger partial charge < -0.3 is 9.88 Å². The smallest absolute Gasteiger partial charge is 0.203 e. The maximum atomic E-state index is 4.56. The molecular formula is C18H31N3. The molecule has 3 rings (SSSR count). The fourth-order valence-corrected chi connectivity index (χ4v) is 4.18. The molecule has 2 aliphatic carbocycles. The van der Waals surface area contributed by atoms with E-state index in [2.05, 4.69) is 28.0 Å². The fourth-order valence-electron chi connectivity index (χ4n) is 4.18. The summed E-state index contributed by atoms with van der Waals surface area (Å²) in [5.41, 5.74) is 0. The van der Waals surface area contributed by atoms with Crippen LogP contribution in [0.15, 0.2) is 12.4 Å². The molecule has 0 unspecified atom stereocenters. The molecule has 0 aromatic carbocycles. The molecule has 3 heteroatoms. The second-order valence-electron chi connectivity index (χ2n) is 7.13. The Kier molecular flexibility index (Phi) is 5.21. The maximum absolute atomic E-state index is 4.56. The van der Waals surface area contributed by atoms with Gasteiger partial charge in [0.05, 0.1) is 0 Å². The van der Waals surface area contributed by atoms with Crippen molar-refractivity contribution in [3.63, 3.8) is 0 Å². The van der Waals surface area contributed by atoms with E-state index in [-0.39, 0.29) is 0 Å². The standard InChI is InChI=1S/C18H31N3/c1-2-15-8-10-16(11-9-15)14-20-18-19-12-13-21(18)17-6-4-3-5-7-17/h12-13,15-17H,2-11,14H2,1H3,(H,19,20). The summed E-state index contributed by atoms with van der Waals surface area (Å²) in [4.78, 5) is 4.56. The lowest BCUT2D eigenvalue weighted by atomic mass is 9.81. The summed E-state index contributed by atoms with van der Waals surface area (Å²) in [6, 6.07) is 0.680. The molecule has 0 radical (unpaired) electrons. The predicted molar refractivity (Wildman–Crippen MR) is 88.6 cm³/mol. The fraction of sp³-hybridized carbons (Fsp3) is 0.833. The summed E-state index contributed by atoms with van der Waals surface area (Å²) in [5.74, 6) is 2.95. The van der Waals surface area contributed by atoms with Crippen LogP contribution in [0.4, 0.5) is 5.95 Å². The summed E-state index contributed by atoms with van der Waals surface area (Å²) >= 11 is 0. The Morgan fingerprint density at radius 1 is 1.05 bits per heavy atom. The molecule has 2 aliphatic rings. The van der Waals surface area contributed by atoms with Gasteiger partial charge in [0, 0.05) is 25.0 Å². The van der Waals surface area contributed by atoms with Crippen molar-refractivity contribution < 1.29 is 0 Å². The third-order valence-electron chi connectivity index (χ3n) is 5.73. The Labute approximate surface area is 129 Å². The van der Waals surface area contributed by atoms with Crippen LogP contribution in [0.1, 0.15) is 77.2 Å². The van der Waals surface area contributed by atoms with Crippen molar-refractivity contribution in [1.82, 2.24) is 9.55 Å². The van der Waals surface area contributed by atoms with E-state index in [1.807, 2.05) is 6.20 Å². The molecule has 2 fully saturated rings. The average molecular weight is 289 g/mol. The van der Waals surface area contributed by atoms with Gasteiger partial charge in [0.2, 0.25) is 5.95 Å². The van der Waals surface area contributed by atoms with Gasteiger partial charge in [0.1, 0.15) is 0 Å². The molecule has 0 bridgehead atoms. The van der Waals surface area contributed by atoms with E-state index in [0.717, 1.165) is 24.3 Å². The summed E-state index contributed by atoms with van der Waals surface area (Å²) in [7, 11) is 0. The van der Waals surface area contributed by atoms with Crippen molar-refractivity contribution in [2.24, 2.45) is 11.8 Å². The minimum atomic E-state index is 0.680. The van der Waals surface area contributed by atoms with Crippen LogP contribution in [0.3, 0.4) is 0 Å².